The maximum absolute atomic E-state index is 11.7. The molecule has 1 aromatic carbocycles. The Hall–Kier alpha value is -2.16. The van der Waals surface area contributed by atoms with E-state index < -0.39 is 0 Å². The summed E-state index contributed by atoms with van der Waals surface area (Å²) in [6.07, 6.45) is 2.88. The minimum absolute atomic E-state index is 0.00530. The van der Waals surface area contributed by atoms with E-state index in [4.69, 9.17) is 0 Å². The molecule has 0 aliphatic carbocycles. The fourth-order valence-corrected chi connectivity index (χ4v) is 1.65. The third-order valence-electron chi connectivity index (χ3n) is 2.69. The van der Waals surface area contributed by atoms with Gasteiger partial charge in [-0.15, -0.1) is 0 Å². The maximum atomic E-state index is 11.7. The Morgan fingerprint density at radius 1 is 1.17 bits per heavy atom. The number of hydrogen-bond acceptors (Lipinski definition) is 2. The zero-order valence-electron chi connectivity index (χ0n) is 10.4. The highest BCUT2D eigenvalue weighted by Crippen LogP contribution is 2.07. The van der Waals surface area contributed by atoms with Gasteiger partial charge in [0.1, 0.15) is 5.82 Å². The summed E-state index contributed by atoms with van der Waals surface area (Å²) in [5, 5.41) is 2.77. The van der Waals surface area contributed by atoms with Crippen molar-refractivity contribution in [3.8, 4) is 0 Å². The van der Waals surface area contributed by atoms with Crippen LogP contribution in [0.5, 0.6) is 0 Å². The summed E-state index contributed by atoms with van der Waals surface area (Å²) in [5.41, 5.74) is 2.41. The van der Waals surface area contributed by atoms with E-state index in [2.05, 4.69) is 41.5 Å². The summed E-state index contributed by atoms with van der Waals surface area (Å²) in [6.45, 7) is 2.05. The Balaban J connectivity index is 1.83. The van der Waals surface area contributed by atoms with Gasteiger partial charge in [0.05, 0.1) is 0 Å². The molecule has 0 saturated carbocycles. The van der Waals surface area contributed by atoms with Gasteiger partial charge < -0.3 is 5.32 Å². The lowest BCUT2D eigenvalue weighted by Gasteiger charge is -2.04. The first-order valence-electron chi connectivity index (χ1n) is 6.00. The van der Waals surface area contributed by atoms with Gasteiger partial charge in [0.25, 0.3) is 0 Å². The maximum Gasteiger partial charge on any atom is 0.225 e. The molecule has 0 radical (unpaired) electrons. The minimum atomic E-state index is -0.00530. The van der Waals surface area contributed by atoms with Crippen molar-refractivity contribution in [3.63, 3.8) is 0 Å². The fourth-order valence-electron chi connectivity index (χ4n) is 1.65. The van der Waals surface area contributed by atoms with E-state index in [1.54, 1.807) is 12.3 Å². The fraction of sp³-hybridized carbons (Fsp3) is 0.200. The predicted molar refractivity (Wildman–Crippen MR) is 72.4 cm³/mol. The van der Waals surface area contributed by atoms with Gasteiger partial charge in [-0.25, -0.2) is 4.98 Å². The number of carbonyl (C=O) groups excluding carboxylic acids is 1. The molecule has 2 aromatic rings. The molecule has 0 bridgehead atoms. The van der Waals surface area contributed by atoms with Gasteiger partial charge in [0, 0.05) is 12.6 Å². The van der Waals surface area contributed by atoms with Crippen molar-refractivity contribution in [3.05, 3.63) is 59.8 Å². The first-order chi connectivity index (χ1) is 8.74. The highest BCUT2D eigenvalue weighted by atomic mass is 16.1. The first kappa shape index (κ1) is 12.3. The van der Waals surface area contributed by atoms with Crippen LogP contribution in [0.2, 0.25) is 0 Å². The molecular formula is C15H16N2O. The number of nitrogens with one attached hydrogen (secondary N) is 1. The molecule has 1 amide bonds. The second-order valence-corrected chi connectivity index (χ2v) is 4.25. The number of amides is 1. The van der Waals surface area contributed by atoms with Gasteiger partial charge in [0.2, 0.25) is 5.91 Å². The summed E-state index contributed by atoms with van der Waals surface area (Å²) in [5.74, 6) is 0.598. The number of anilines is 1. The number of benzene rings is 1. The van der Waals surface area contributed by atoms with E-state index in [0.717, 1.165) is 6.42 Å². The van der Waals surface area contributed by atoms with Crippen LogP contribution < -0.4 is 5.32 Å². The molecule has 18 heavy (non-hydrogen) atoms. The van der Waals surface area contributed by atoms with Crippen molar-refractivity contribution < 1.29 is 4.79 Å². The van der Waals surface area contributed by atoms with Gasteiger partial charge in [0.15, 0.2) is 0 Å². The van der Waals surface area contributed by atoms with Gasteiger partial charge in [-0.05, 0) is 31.0 Å². The van der Waals surface area contributed by atoms with Crippen LogP contribution in [-0.2, 0) is 11.2 Å². The Kier molecular flexibility index (Phi) is 4.07. The Morgan fingerprint density at radius 2 is 1.94 bits per heavy atom. The average molecular weight is 240 g/mol. The molecule has 0 saturated heterocycles. The van der Waals surface area contributed by atoms with Crippen molar-refractivity contribution in [1.82, 2.24) is 4.98 Å². The third-order valence-corrected chi connectivity index (χ3v) is 2.69. The van der Waals surface area contributed by atoms with Gasteiger partial charge in [-0.2, -0.15) is 0 Å². The standard InChI is InChI=1S/C15H16N2O/c1-12-5-7-13(8-6-12)9-10-15(18)17-14-4-2-3-11-16-14/h2-8,11H,9-10H2,1H3,(H,16,17,18). The summed E-state index contributed by atoms with van der Waals surface area (Å²) in [7, 11) is 0. The number of aromatic nitrogens is 1. The van der Waals surface area contributed by atoms with Crippen LogP contribution in [0.1, 0.15) is 17.5 Å². The summed E-state index contributed by atoms with van der Waals surface area (Å²) >= 11 is 0. The first-order valence-corrected chi connectivity index (χ1v) is 6.00. The van der Waals surface area contributed by atoms with Crippen LogP contribution in [0, 0.1) is 6.92 Å². The van der Waals surface area contributed by atoms with Gasteiger partial charge in [-0.1, -0.05) is 35.9 Å². The van der Waals surface area contributed by atoms with Crippen LogP contribution in [0.4, 0.5) is 5.82 Å². The molecule has 0 fully saturated rings. The quantitative estimate of drug-likeness (QED) is 0.892. The number of nitrogens with zero attached hydrogens (tertiary/aromatic N) is 1. The van der Waals surface area contributed by atoms with E-state index in [-0.39, 0.29) is 5.91 Å². The van der Waals surface area contributed by atoms with E-state index in [1.807, 2.05) is 12.1 Å². The largest absolute Gasteiger partial charge is 0.311 e. The zero-order chi connectivity index (χ0) is 12.8. The monoisotopic (exact) mass is 240 g/mol. The lowest BCUT2D eigenvalue weighted by Crippen LogP contribution is -2.13. The van der Waals surface area contributed by atoms with E-state index in [1.165, 1.54) is 11.1 Å². The predicted octanol–water partition coefficient (Wildman–Crippen LogP) is 2.96. The molecule has 1 N–H and O–H groups in total. The molecule has 92 valence electrons. The van der Waals surface area contributed by atoms with Crippen LogP contribution in [0.3, 0.4) is 0 Å². The van der Waals surface area contributed by atoms with Crippen LogP contribution in [0.25, 0.3) is 0 Å². The lowest BCUT2D eigenvalue weighted by atomic mass is 10.1. The van der Waals surface area contributed by atoms with Crippen molar-refractivity contribution in [2.75, 3.05) is 5.32 Å². The minimum Gasteiger partial charge on any atom is -0.311 e. The smallest absolute Gasteiger partial charge is 0.225 e. The average Bonchev–Trinajstić information content (AvgIpc) is 2.39. The normalized spacial score (nSPS) is 10.1. The number of rotatable bonds is 4. The topological polar surface area (TPSA) is 42.0 Å². The summed E-state index contributed by atoms with van der Waals surface area (Å²) in [4.78, 5) is 15.8. The van der Waals surface area contributed by atoms with E-state index >= 15 is 0 Å². The molecular weight excluding hydrogens is 224 g/mol. The third kappa shape index (κ3) is 3.70. The number of pyridine rings is 1. The number of aryl methyl sites for hydroxylation is 2. The van der Waals surface area contributed by atoms with Crippen molar-refractivity contribution in [2.45, 2.75) is 19.8 Å². The molecule has 2 rings (SSSR count). The Labute approximate surface area is 107 Å². The molecule has 0 atom stereocenters. The Bertz CT molecular complexity index is 506. The van der Waals surface area contributed by atoms with Crippen LogP contribution >= 0.6 is 0 Å². The summed E-state index contributed by atoms with van der Waals surface area (Å²) in [6, 6.07) is 13.7. The second-order valence-electron chi connectivity index (χ2n) is 4.25. The van der Waals surface area contributed by atoms with Crippen molar-refractivity contribution >= 4 is 11.7 Å². The summed E-state index contributed by atoms with van der Waals surface area (Å²) < 4.78 is 0. The lowest BCUT2D eigenvalue weighted by molar-refractivity contribution is -0.116. The van der Waals surface area contributed by atoms with Crippen LogP contribution in [0.15, 0.2) is 48.7 Å². The number of hydrogen-bond donors (Lipinski definition) is 1. The molecule has 0 spiro atoms. The second kappa shape index (κ2) is 5.96. The van der Waals surface area contributed by atoms with E-state index in [9.17, 15) is 4.79 Å². The van der Waals surface area contributed by atoms with Crippen LogP contribution in [-0.4, -0.2) is 10.9 Å². The Morgan fingerprint density at radius 3 is 2.61 bits per heavy atom. The van der Waals surface area contributed by atoms with Crippen molar-refractivity contribution in [2.24, 2.45) is 0 Å². The van der Waals surface area contributed by atoms with Gasteiger partial charge in [-0.3, -0.25) is 4.79 Å². The highest BCUT2D eigenvalue weighted by molar-refractivity contribution is 5.89. The molecule has 3 heteroatoms. The molecule has 0 aliphatic heterocycles. The molecule has 0 aliphatic rings. The number of carbonyl (C=O) groups is 1. The zero-order valence-corrected chi connectivity index (χ0v) is 10.4. The van der Waals surface area contributed by atoms with Gasteiger partial charge >= 0.3 is 0 Å². The molecule has 0 unspecified atom stereocenters. The molecule has 1 aromatic heterocycles. The molecule has 1 heterocycles. The van der Waals surface area contributed by atoms with E-state index in [0.29, 0.717) is 12.2 Å². The molecule has 3 nitrogen and oxygen atoms in total. The van der Waals surface area contributed by atoms with Crippen molar-refractivity contribution in [1.29, 1.82) is 0 Å². The SMILES string of the molecule is Cc1ccc(CCC(=O)Nc2ccccn2)cc1. The highest BCUT2D eigenvalue weighted by Gasteiger charge is 2.03.